The van der Waals surface area contributed by atoms with E-state index in [-0.39, 0.29) is 12.3 Å². The second-order valence-corrected chi connectivity index (χ2v) is 5.45. The first-order valence-corrected chi connectivity index (χ1v) is 7.02. The Bertz CT molecular complexity index is 266. The molecule has 0 aliphatic carbocycles. The quantitative estimate of drug-likeness (QED) is 0.686. The van der Waals surface area contributed by atoms with Crippen molar-refractivity contribution >= 4 is 8.38 Å². The molecule has 1 aliphatic rings. The molecular formula is C12H22NO3P. The molecule has 4 nitrogen and oxygen atoms in total. The molecule has 17 heavy (non-hydrogen) atoms. The first-order chi connectivity index (χ1) is 8.21. The van der Waals surface area contributed by atoms with Crippen LogP contribution in [0.25, 0.3) is 0 Å². The van der Waals surface area contributed by atoms with Gasteiger partial charge in [0.2, 0.25) is 0 Å². The molecule has 2 unspecified atom stereocenters. The van der Waals surface area contributed by atoms with Gasteiger partial charge >= 0.3 is 0 Å². The molecule has 0 radical (unpaired) electrons. The van der Waals surface area contributed by atoms with Crippen molar-refractivity contribution in [3.8, 4) is 0 Å². The van der Waals surface area contributed by atoms with Gasteiger partial charge < -0.3 is 18.7 Å². The Morgan fingerprint density at radius 3 is 2.59 bits per heavy atom. The van der Waals surface area contributed by atoms with Crippen LogP contribution in [0.1, 0.15) is 19.8 Å². The van der Waals surface area contributed by atoms with Crippen LogP contribution in [0.4, 0.5) is 0 Å². The lowest BCUT2D eigenvalue weighted by Gasteiger charge is -2.22. The normalized spacial score (nSPS) is 25.5. The van der Waals surface area contributed by atoms with E-state index in [1.165, 1.54) is 0 Å². The molecule has 1 saturated heterocycles. The molecule has 0 saturated carbocycles. The van der Waals surface area contributed by atoms with Crippen molar-refractivity contribution in [3.63, 3.8) is 0 Å². The molecule has 1 fully saturated rings. The Balaban J connectivity index is 2.40. The summed E-state index contributed by atoms with van der Waals surface area (Å²) in [6.45, 7) is 2.01. The van der Waals surface area contributed by atoms with E-state index >= 15 is 0 Å². The molecular weight excluding hydrogens is 237 g/mol. The van der Waals surface area contributed by atoms with Crippen LogP contribution < -0.4 is 0 Å². The van der Waals surface area contributed by atoms with Crippen molar-refractivity contribution in [1.82, 2.24) is 4.90 Å². The van der Waals surface area contributed by atoms with Gasteiger partial charge in [-0.25, -0.2) is 0 Å². The third-order valence-electron chi connectivity index (χ3n) is 2.65. The standard InChI is InChI=1S/C12H22NO3P/c1-5-9-13(2)12-7-6-11(16-12)8-10-17(14-3)15-4/h5,8-12H,6-7H2,1-4H3/b9-5-,10-8+. The van der Waals surface area contributed by atoms with Gasteiger partial charge in [0, 0.05) is 21.3 Å². The summed E-state index contributed by atoms with van der Waals surface area (Å²) >= 11 is 0. The van der Waals surface area contributed by atoms with Gasteiger partial charge in [0.05, 0.1) is 6.10 Å². The largest absolute Gasteiger partial charge is 0.356 e. The van der Waals surface area contributed by atoms with E-state index in [1.807, 2.05) is 38.1 Å². The van der Waals surface area contributed by atoms with Crippen LogP contribution in [0.2, 0.25) is 0 Å². The highest BCUT2D eigenvalue weighted by molar-refractivity contribution is 7.50. The Morgan fingerprint density at radius 1 is 1.29 bits per heavy atom. The van der Waals surface area contributed by atoms with Gasteiger partial charge in [-0.1, -0.05) is 12.2 Å². The summed E-state index contributed by atoms with van der Waals surface area (Å²) in [5.41, 5.74) is 0. The second kappa shape index (κ2) is 7.83. The molecule has 1 aliphatic heterocycles. The van der Waals surface area contributed by atoms with E-state index in [9.17, 15) is 0 Å². The van der Waals surface area contributed by atoms with Crippen molar-refractivity contribution in [2.24, 2.45) is 0 Å². The molecule has 0 aromatic heterocycles. The maximum atomic E-state index is 5.90. The molecule has 0 spiro atoms. The third-order valence-corrected chi connectivity index (χ3v) is 3.79. The SMILES string of the molecule is C/C=C\N(C)C1CCC(/C=C/P(OC)OC)O1. The highest BCUT2D eigenvalue weighted by Gasteiger charge is 2.25. The maximum absolute atomic E-state index is 5.90. The first-order valence-electron chi connectivity index (χ1n) is 5.77. The van der Waals surface area contributed by atoms with E-state index in [0.29, 0.717) is 0 Å². The lowest BCUT2D eigenvalue weighted by atomic mass is 10.2. The molecule has 0 N–H and O–H groups in total. The van der Waals surface area contributed by atoms with E-state index in [2.05, 4.69) is 4.90 Å². The van der Waals surface area contributed by atoms with Gasteiger partial charge in [0.15, 0.2) is 8.38 Å². The third kappa shape index (κ3) is 4.76. The fourth-order valence-corrected chi connectivity index (χ4v) is 2.50. The zero-order valence-electron chi connectivity index (χ0n) is 11.0. The molecule has 2 atom stereocenters. The number of nitrogens with zero attached hydrogens (tertiary/aromatic N) is 1. The van der Waals surface area contributed by atoms with Crippen molar-refractivity contribution in [2.75, 3.05) is 21.3 Å². The van der Waals surface area contributed by atoms with E-state index < -0.39 is 8.38 Å². The summed E-state index contributed by atoms with van der Waals surface area (Å²) in [5, 5.41) is 0. The van der Waals surface area contributed by atoms with Crippen LogP contribution in [-0.2, 0) is 13.8 Å². The molecule has 0 aromatic rings. The Kier molecular flexibility index (Phi) is 6.75. The summed E-state index contributed by atoms with van der Waals surface area (Å²) in [6, 6.07) is 0. The minimum atomic E-state index is -0.897. The highest BCUT2D eigenvalue weighted by Crippen LogP contribution is 2.38. The van der Waals surface area contributed by atoms with E-state index in [1.54, 1.807) is 14.2 Å². The minimum absolute atomic E-state index is 0.169. The highest BCUT2D eigenvalue weighted by atomic mass is 31.2. The Hall–Kier alpha value is -0.410. The molecule has 5 heteroatoms. The van der Waals surface area contributed by atoms with Crippen LogP contribution in [0.5, 0.6) is 0 Å². The summed E-state index contributed by atoms with van der Waals surface area (Å²) in [4.78, 5) is 2.10. The van der Waals surface area contributed by atoms with Crippen LogP contribution >= 0.6 is 8.38 Å². The number of hydrogen-bond acceptors (Lipinski definition) is 4. The van der Waals surface area contributed by atoms with Gasteiger partial charge in [-0.2, -0.15) is 0 Å². The summed E-state index contributed by atoms with van der Waals surface area (Å²) in [6.07, 6.45) is 8.53. The van der Waals surface area contributed by atoms with Crippen LogP contribution in [0, 0.1) is 0 Å². The Morgan fingerprint density at radius 2 is 2.00 bits per heavy atom. The fourth-order valence-electron chi connectivity index (χ4n) is 1.78. The van der Waals surface area contributed by atoms with E-state index in [0.717, 1.165) is 12.8 Å². The van der Waals surface area contributed by atoms with E-state index in [4.69, 9.17) is 13.8 Å². The van der Waals surface area contributed by atoms with Gasteiger partial charge in [-0.3, -0.25) is 0 Å². The van der Waals surface area contributed by atoms with Crippen LogP contribution in [-0.4, -0.2) is 38.5 Å². The first kappa shape index (κ1) is 14.7. The number of ether oxygens (including phenoxy) is 1. The van der Waals surface area contributed by atoms with Crippen molar-refractivity contribution in [2.45, 2.75) is 32.1 Å². The predicted molar refractivity (Wildman–Crippen MR) is 70.6 cm³/mol. The lowest BCUT2D eigenvalue weighted by Crippen LogP contribution is -2.26. The molecule has 0 aromatic carbocycles. The molecule has 0 amide bonds. The minimum Gasteiger partial charge on any atom is -0.356 e. The second-order valence-electron chi connectivity index (χ2n) is 3.85. The van der Waals surface area contributed by atoms with Crippen molar-refractivity contribution in [1.29, 1.82) is 0 Å². The zero-order valence-corrected chi connectivity index (χ0v) is 11.9. The molecule has 1 heterocycles. The van der Waals surface area contributed by atoms with Gasteiger partial charge in [0.1, 0.15) is 6.23 Å². The predicted octanol–water partition coefficient (Wildman–Crippen LogP) is 3.08. The van der Waals surface area contributed by atoms with Crippen LogP contribution in [0.3, 0.4) is 0 Å². The number of allylic oxidation sites excluding steroid dienone is 1. The average Bonchev–Trinajstić information content (AvgIpc) is 2.79. The van der Waals surface area contributed by atoms with Gasteiger partial charge in [0.25, 0.3) is 0 Å². The smallest absolute Gasteiger partial charge is 0.196 e. The lowest BCUT2D eigenvalue weighted by molar-refractivity contribution is -0.00546. The monoisotopic (exact) mass is 259 g/mol. The maximum Gasteiger partial charge on any atom is 0.196 e. The summed E-state index contributed by atoms with van der Waals surface area (Å²) in [5.74, 6) is 1.96. The molecule has 98 valence electrons. The summed E-state index contributed by atoms with van der Waals surface area (Å²) in [7, 11) is 4.44. The van der Waals surface area contributed by atoms with Gasteiger partial charge in [-0.05, 0) is 31.8 Å². The fraction of sp³-hybridized carbons (Fsp3) is 0.667. The molecule has 1 rings (SSSR count). The Labute approximate surface area is 105 Å². The summed E-state index contributed by atoms with van der Waals surface area (Å²) < 4.78 is 16.2. The van der Waals surface area contributed by atoms with Gasteiger partial charge in [-0.15, -0.1) is 0 Å². The number of hydrogen-bond donors (Lipinski definition) is 0. The van der Waals surface area contributed by atoms with Crippen LogP contribution in [0.15, 0.2) is 24.2 Å². The topological polar surface area (TPSA) is 30.9 Å². The molecule has 0 bridgehead atoms. The van der Waals surface area contributed by atoms with Crippen molar-refractivity contribution in [3.05, 3.63) is 24.2 Å². The zero-order chi connectivity index (χ0) is 12.7. The number of rotatable bonds is 6. The average molecular weight is 259 g/mol. The van der Waals surface area contributed by atoms with Crippen molar-refractivity contribution < 1.29 is 13.8 Å².